The quantitative estimate of drug-likeness (QED) is 0.334. The Morgan fingerprint density at radius 1 is 1.15 bits per heavy atom. The molecule has 0 heterocycles. The minimum atomic E-state index is -0.565. The lowest BCUT2D eigenvalue weighted by Gasteiger charge is -2.28. The van der Waals surface area contributed by atoms with E-state index in [0.717, 1.165) is 12.0 Å². The normalized spacial score (nSPS) is 19.5. The van der Waals surface area contributed by atoms with Crippen molar-refractivity contribution >= 4 is 18.4 Å². The van der Waals surface area contributed by atoms with E-state index < -0.39 is 11.8 Å². The van der Waals surface area contributed by atoms with Crippen LogP contribution in [0.25, 0.3) is 0 Å². The van der Waals surface area contributed by atoms with E-state index in [-0.39, 0.29) is 11.4 Å². The van der Waals surface area contributed by atoms with Gasteiger partial charge in [-0.2, -0.15) is 0 Å². The van der Waals surface area contributed by atoms with Crippen molar-refractivity contribution in [1.82, 2.24) is 0 Å². The molecule has 0 bridgehead atoms. The smallest absolute Gasteiger partial charge is 0.343 e. The van der Waals surface area contributed by atoms with Crippen LogP contribution in [0.4, 0.5) is 10.1 Å². The summed E-state index contributed by atoms with van der Waals surface area (Å²) in [6.45, 7) is 5.55. The fourth-order valence-corrected chi connectivity index (χ4v) is 3.93. The summed E-state index contributed by atoms with van der Waals surface area (Å²) in [6, 6.07) is 11.7. The third-order valence-corrected chi connectivity index (χ3v) is 5.46. The average Bonchev–Trinajstić information content (AvgIpc) is 2.69. The number of halogens is 1. The Labute approximate surface area is 160 Å². The first kappa shape index (κ1) is 19.3. The van der Waals surface area contributed by atoms with Crippen molar-refractivity contribution in [2.45, 2.75) is 51.4 Å². The van der Waals surface area contributed by atoms with Crippen molar-refractivity contribution in [2.75, 3.05) is 0 Å². The van der Waals surface area contributed by atoms with Gasteiger partial charge < -0.3 is 4.74 Å². The molecule has 0 spiro atoms. The average molecular weight is 367 g/mol. The van der Waals surface area contributed by atoms with Crippen LogP contribution in [0.15, 0.2) is 47.5 Å². The largest absolute Gasteiger partial charge is 0.423 e. The molecule has 3 rings (SSSR count). The van der Waals surface area contributed by atoms with Gasteiger partial charge in [-0.25, -0.2) is 9.18 Å². The van der Waals surface area contributed by atoms with Crippen LogP contribution < -0.4 is 4.74 Å². The molecule has 2 aromatic carbocycles. The summed E-state index contributed by atoms with van der Waals surface area (Å²) in [5.74, 6) is 0.555. The second kappa shape index (κ2) is 8.94. The number of carbonyl (C=O) groups is 1. The molecule has 27 heavy (non-hydrogen) atoms. The first-order valence-corrected chi connectivity index (χ1v) is 9.69. The van der Waals surface area contributed by atoms with Crippen LogP contribution in [0.5, 0.6) is 5.75 Å². The molecule has 0 atom stereocenters. The van der Waals surface area contributed by atoms with Crippen LogP contribution in [-0.2, 0) is 0 Å². The van der Waals surface area contributed by atoms with Crippen LogP contribution in [0.1, 0.15) is 67.3 Å². The van der Waals surface area contributed by atoms with E-state index in [4.69, 9.17) is 4.74 Å². The van der Waals surface area contributed by atoms with Gasteiger partial charge in [0.2, 0.25) is 0 Å². The van der Waals surface area contributed by atoms with Gasteiger partial charge >= 0.3 is 5.97 Å². The Kier molecular flexibility index (Phi) is 6.38. The van der Waals surface area contributed by atoms with Gasteiger partial charge in [-0.3, -0.25) is 4.99 Å². The molecule has 2 aromatic rings. The van der Waals surface area contributed by atoms with Crippen molar-refractivity contribution in [3.63, 3.8) is 0 Å². The zero-order valence-corrected chi connectivity index (χ0v) is 15.8. The van der Waals surface area contributed by atoms with Crippen LogP contribution in [0.2, 0.25) is 0 Å². The van der Waals surface area contributed by atoms with Crippen molar-refractivity contribution < 1.29 is 13.9 Å². The molecule has 1 aliphatic rings. The van der Waals surface area contributed by atoms with Gasteiger partial charge in [0.25, 0.3) is 0 Å². The first-order valence-electron chi connectivity index (χ1n) is 9.69. The Bertz CT molecular complexity index is 793. The Balaban J connectivity index is 1.61. The molecular weight excluding hydrogens is 341 g/mol. The highest BCUT2D eigenvalue weighted by Gasteiger charge is 2.22. The van der Waals surface area contributed by atoms with Gasteiger partial charge in [-0.1, -0.05) is 31.9 Å². The molecule has 0 amide bonds. The minimum Gasteiger partial charge on any atom is -0.423 e. The van der Waals surface area contributed by atoms with Crippen LogP contribution in [0.3, 0.4) is 0 Å². The van der Waals surface area contributed by atoms with Crippen molar-refractivity contribution in [1.29, 1.82) is 0 Å². The van der Waals surface area contributed by atoms with Gasteiger partial charge in [-0.05, 0) is 74.1 Å². The molecule has 0 saturated heterocycles. The van der Waals surface area contributed by atoms with Gasteiger partial charge in [0, 0.05) is 6.07 Å². The zero-order valence-electron chi connectivity index (χ0n) is 15.8. The van der Waals surface area contributed by atoms with Crippen LogP contribution in [-0.4, -0.2) is 12.7 Å². The molecule has 1 saturated carbocycles. The lowest BCUT2D eigenvalue weighted by atomic mass is 9.77. The maximum Gasteiger partial charge on any atom is 0.343 e. The van der Waals surface area contributed by atoms with E-state index in [0.29, 0.717) is 11.5 Å². The van der Waals surface area contributed by atoms with Crippen LogP contribution >= 0.6 is 0 Å². The Morgan fingerprint density at radius 2 is 1.85 bits per heavy atom. The first-order chi connectivity index (χ1) is 13.1. The molecular formula is C23H26FNO2. The van der Waals surface area contributed by atoms with Crippen molar-refractivity contribution in [2.24, 2.45) is 10.9 Å². The van der Waals surface area contributed by atoms with Crippen LogP contribution in [0, 0.1) is 11.7 Å². The number of hydrogen-bond acceptors (Lipinski definition) is 3. The fraction of sp³-hybridized carbons (Fsp3) is 0.391. The molecule has 3 nitrogen and oxygen atoms in total. The van der Waals surface area contributed by atoms with E-state index in [1.807, 2.05) is 12.1 Å². The Morgan fingerprint density at radius 3 is 2.44 bits per heavy atom. The number of nitrogens with zero attached hydrogens (tertiary/aromatic N) is 1. The molecule has 4 heteroatoms. The number of esters is 1. The lowest BCUT2D eigenvalue weighted by molar-refractivity contribution is 0.0734. The topological polar surface area (TPSA) is 38.7 Å². The number of ether oxygens (including phenoxy) is 1. The summed E-state index contributed by atoms with van der Waals surface area (Å²) in [6.07, 6.45) is 7.63. The number of benzene rings is 2. The zero-order chi connectivity index (χ0) is 19.2. The van der Waals surface area contributed by atoms with Crippen molar-refractivity contribution in [3.05, 3.63) is 59.4 Å². The summed E-state index contributed by atoms with van der Waals surface area (Å²) in [5.41, 5.74) is 1.88. The standard InChI is InChI=1S/C23H26FNO2/c1-3-4-16-5-7-17(8-6-16)18-9-11-19(12-10-18)23(26)27-20-13-14-22(25-2)21(24)15-20/h9-17H,2-8H2,1H3. The van der Waals surface area contributed by atoms with Gasteiger partial charge in [-0.15, -0.1) is 0 Å². The molecule has 1 aliphatic carbocycles. The number of rotatable bonds is 6. The second-order valence-corrected chi connectivity index (χ2v) is 7.29. The van der Waals surface area contributed by atoms with Crippen molar-refractivity contribution in [3.8, 4) is 5.75 Å². The van der Waals surface area contributed by atoms with Gasteiger partial charge in [0.15, 0.2) is 5.82 Å². The second-order valence-electron chi connectivity index (χ2n) is 7.29. The summed E-state index contributed by atoms with van der Waals surface area (Å²) < 4.78 is 19.0. The lowest BCUT2D eigenvalue weighted by Crippen LogP contribution is -2.13. The molecule has 0 radical (unpaired) electrons. The highest BCUT2D eigenvalue weighted by Crippen LogP contribution is 2.37. The molecule has 0 aliphatic heterocycles. The summed E-state index contributed by atoms with van der Waals surface area (Å²) in [5, 5.41) is 0. The van der Waals surface area contributed by atoms with E-state index in [1.54, 1.807) is 12.1 Å². The highest BCUT2D eigenvalue weighted by molar-refractivity contribution is 5.91. The molecule has 0 aromatic heterocycles. The minimum absolute atomic E-state index is 0.132. The summed E-state index contributed by atoms with van der Waals surface area (Å²) in [4.78, 5) is 15.9. The predicted octanol–water partition coefficient (Wildman–Crippen LogP) is 6.45. The monoisotopic (exact) mass is 367 g/mol. The molecule has 142 valence electrons. The van der Waals surface area contributed by atoms with E-state index in [9.17, 15) is 9.18 Å². The number of hydrogen-bond donors (Lipinski definition) is 0. The highest BCUT2D eigenvalue weighted by atomic mass is 19.1. The fourth-order valence-electron chi connectivity index (χ4n) is 3.93. The van der Waals surface area contributed by atoms with Gasteiger partial charge in [0.1, 0.15) is 5.75 Å². The maximum absolute atomic E-state index is 13.7. The van der Waals surface area contributed by atoms with E-state index in [2.05, 4.69) is 18.6 Å². The summed E-state index contributed by atoms with van der Waals surface area (Å²) >= 11 is 0. The number of aliphatic imine (C=N–C) groups is 1. The van der Waals surface area contributed by atoms with E-state index >= 15 is 0 Å². The number of carbonyl (C=O) groups excluding carboxylic acids is 1. The maximum atomic E-state index is 13.7. The molecule has 1 fully saturated rings. The summed E-state index contributed by atoms with van der Waals surface area (Å²) in [7, 11) is 0. The van der Waals surface area contributed by atoms with E-state index in [1.165, 1.54) is 56.2 Å². The Hall–Kier alpha value is -2.49. The third kappa shape index (κ3) is 4.82. The molecule has 0 unspecified atom stereocenters. The predicted molar refractivity (Wildman–Crippen MR) is 107 cm³/mol. The third-order valence-electron chi connectivity index (χ3n) is 5.46. The molecule has 0 N–H and O–H groups in total. The SMILES string of the molecule is C=Nc1ccc(OC(=O)c2ccc(C3CCC(CCC)CC3)cc2)cc1F. The van der Waals surface area contributed by atoms with Gasteiger partial charge in [0.05, 0.1) is 11.3 Å².